The second kappa shape index (κ2) is 9.09. The Balaban J connectivity index is 1.47. The van der Waals surface area contributed by atoms with Gasteiger partial charge in [-0.2, -0.15) is 0 Å². The molecule has 148 valence electrons. The van der Waals surface area contributed by atoms with Gasteiger partial charge in [-0.1, -0.05) is 6.07 Å². The third kappa shape index (κ3) is 4.92. The summed E-state index contributed by atoms with van der Waals surface area (Å²) >= 11 is 0. The molecular weight excluding hydrogens is 364 g/mol. The minimum Gasteiger partial charge on any atom is -0.454 e. The van der Waals surface area contributed by atoms with Crippen LogP contribution in [0, 0.1) is 0 Å². The molecule has 1 heterocycles. The number of hydrogen-bond donors (Lipinski definition) is 3. The van der Waals surface area contributed by atoms with Gasteiger partial charge in [-0.05, 0) is 48.9 Å². The van der Waals surface area contributed by atoms with E-state index in [2.05, 4.69) is 10.6 Å². The van der Waals surface area contributed by atoms with Crippen molar-refractivity contribution in [2.24, 2.45) is 0 Å². The van der Waals surface area contributed by atoms with Gasteiger partial charge in [-0.25, -0.2) is 4.79 Å². The molecule has 1 aliphatic heterocycles. The van der Waals surface area contributed by atoms with Gasteiger partial charge in [0.1, 0.15) is 0 Å². The summed E-state index contributed by atoms with van der Waals surface area (Å²) in [5.41, 5.74) is 1.97. The van der Waals surface area contributed by atoms with Gasteiger partial charge in [0.2, 0.25) is 6.79 Å². The van der Waals surface area contributed by atoms with Crippen LogP contribution in [-0.2, 0) is 9.53 Å². The summed E-state index contributed by atoms with van der Waals surface area (Å²) in [5, 5.41) is 14.5. The topological polar surface area (TPSA) is 106 Å². The van der Waals surface area contributed by atoms with Crippen molar-refractivity contribution in [1.29, 1.82) is 0 Å². The monoisotopic (exact) mass is 386 g/mol. The molecule has 2 aromatic carbocycles. The van der Waals surface area contributed by atoms with Gasteiger partial charge in [0.15, 0.2) is 18.1 Å². The van der Waals surface area contributed by atoms with Crippen LogP contribution in [0.4, 0.5) is 5.69 Å². The van der Waals surface area contributed by atoms with Crippen LogP contribution < -0.4 is 20.1 Å². The molecule has 1 atom stereocenters. The zero-order valence-electron chi connectivity index (χ0n) is 15.4. The molecule has 0 spiro atoms. The van der Waals surface area contributed by atoms with Crippen LogP contribution >= 0.6 is 0 Å². The lowest BCUT2D eigenvalue weighted by Crippen LogP contribution is -2.31. The van der Waals surface area contributed by atoms with E-state index in [4.69, 9.17) is 19.3 Å². The van der Waals surface area contributed by atoms with E-state index >= 15 is 0 Å². The van der Waals surface area contributed by atoms with Crippen LogP contribution in [0.15, 0.2) is 42.5 Å². The molecular formula is C20H22N2O6. The van der Waals surface area contributed by atoms with Gasteiger partial charge in [0, 0.05) is 12.2 Å². The Morgan fingerprint density at radius 1 is 1.14 bits per heavy atom. The molecule has 0 saturated heterocycles. The van der Waals surface area contributed by atoms with Crippen molar-refractivity contribution in [3.8, 4) is 11.5 Å². The molecule has 3 N–H and O–H groups in total. The maximum atomic E-state index is 12.1. The van der Waals surface area contributed by atoms with Crippen molar-refractivity contribution >= 4 is 17.6 Å². The molecule has 0 radical (unpaired) electrons. The van der Waals surface area contributed by atoms with E-state index in [1.54, 1.807) is 30.3 Å². The van der Waals surface area contributed by atoms with E-state index in [0.29, 0.717) is 23.6 Å². The molecule has 28 heavy (non-hydrogen) atoms. The summed E-state index contributed by atoms with van der Waals surface area (Å²) < 4.78 is 15.7. The predicted octanol–water partition coefficient (Wildman–Crippen LogP) is 1.85. The van der Waals surface area contributed by atoms with Crippen molar-refractivity contribution in [3.63, 3.8) is 0 Å². The summed E-state index contributed by atoms with van der Waals surface area (Å²) in [4.78, 5) is 24.2. The SMILES string of the molecule is C[C@@H](NC(=O)COC(=O)c1ccc(NCCO)cc1)c1ccc2c(c1)OCO2. The maximum absolute atomic E-state index is 12.1. The number of fused-ring (bicyclic) bond motifs is 1. The lowest BCUT2D eigenvalue weighted by molar-refractivity contribution is -0.124. The number of carbonyl (C=O) groups is 2. The van der Waals surface area contributed by atoms with E-state index in [1.807, 2.05) is 19.1 Å². The van der Waals surface area contributed by atoms with Gasteiger partial charge in [-0.3, -0.25) is 4.79 Å². The first kappa shape index (κ1) is 19.5. The van der Waals surface area contributed by atoms with Gasteiger partial charge < -0.3 is 30.0 Å². The van der Waals surface area contributed by atoms with Crippen LogP contribution in [0.3, 0.4) is 0 Å². The average Bonchev–Trinajstić information content (AvgIpc) is 3.18. The normalized spacial score (nSPS) is 12.9. The number of hydrogen-bond acceptors (Lipinski definition) is 7. The van der Waals surface area contributed by atoms with Gasteiger partial charge in [-0.15, -0.1) is 0 Å². The Bertz CT molecular complexity index is 837. The molecule has 0 aromatic heterocycles. The zero-order chi connectivity index (χ0) is 19.9. The fourth-order valence-electron chi connectivity index (χ4n) is 2.69. The first-order chi connectivity index (χ1) is 13.6. The first-order valence-corrected chi connectivity index (χ1v) is 8.87. The molecule has 1 aliphatic rings. The number of aliphatic hydroxyl groups excluding tert-OH is 1. The smallest absolute Gasteiger partial charge is 0.338 e. The zero-order valence-corrected chi connectivity index (χ0v) is 15.4. The number of ether oxygens (including phenoxy) is 3. The Hall–Kier alpha value is -3.26. The molecule has 0 fully saturated rings. The van der Waals surface area contributed by atoms with Crippen LogP contribution in [0.1, 0.15) is 28.9 Å². The third-order valence-corrected chi connectivity index (χ3v) is 4.17. The Morgan fingerprint density at radius 2 is 1.89 bits per heavy atom. The van der Waals surface area contributed by atoms with E-state index in [-0.39, 0.29) is 26.0 Å². The Morgan fingerprint density at radius 3 is 2.64 bits per heavy atom. The molecule has 8 nitrogen and oxygen atoms in total. The summed E-state index contributed by atoms with van der Waals surface area (Å²) in [7, 11) is 0. The third-order valence-electron chi connectivity index (χ3n) is 4.17. The molecule has 0 unspecified atom stereocenters. The summed E-state index contributed by atoms with van der Waals surface area (Å²) in [6.07, 6.45) is 0. The molecule has 0 aliphatic carbocycles. The quantitative estimate of drug-likeness (QED) is 0.595. The second-order valence-corrected chi connectivity index (χ2v) is 6.21. The molecule has 0 bridgehead atoms. The van der Waals surface area contributed by atoms with Crippen molar-refractivity contribution in [3.05, 3.63) is 53.6 Å². The molecule has 8 heteroatoms. The van der Waals surface area contributed by atoms with E-state index < -0.39 is 11.9 Å². The van der Waals surface area contributed by atoms with E-state index in [9.17, 15) is 9.59 Å². The van der Waals surface area contributed by atoms with Crippen LogP contribution in [0.5, 0.6) is 11.5 Å². The largest absolute Gasteiger partial charge is 0.454 e. The minimum atomic E-state index is -0.584. The highest BCUT2D eigenvalue weighted by Gasteiger charge is 2.17. The highest BCUT2D eigenvalue weighted by atomic mass is 16.7. The lowest BCUT2D eigenvalue weighted by atomic mass is 10.1. The van der Waals surface area contributed by atoms with Crippen LogP contribution in [0.2, 0.25) is 0 Å². The number of carbonyl (C=O) groups excluding carboxylic acids is 2. The van der Waals surface area contributed by atoms with Crippen molar-refractivity contribution in [1.82, 2.24) is 5.32 Å². The number of anilines is 1. The summed E-state index contributed by atoms with van der Waals surface area (Å²) in [5.74, 6) is 0.329. The maximum Gasteiger partial charge on any atom is 0.338 e. The number of esters is 1. The van der Waals surface area contributed by atoms with Gasteiger partial charge >= 0.3 is 5.97 Å². The second-order valence-electron chi connectivity index (χ2n) is 6.21. The average molecular weight is 386 g/mol. The predicted molar refractivity (Wildman–Crippen MR) is 101 cm³/mol. The first-order valence-electron chi connectivity index (χ1n) is 8.87. The fraction of sp³-hybridized carbons (Fsp3) is 0.300. The molecule has 0 saturated carbocycles. The molecule has 2 aromatic rings. The van der Waals surface area contributed by atoms with Gasteiger partial charge in [0.05, 0.1) is 18.2 Å². The minimum absolute atomic E-state index is 0.0174. The molecule has 3 rings (SSSR count). The van der Waals surface area contributed by atoms with Crippen molar-refractivity contribution in [2.75, 3.05) is 31.9 Å². The van der Waals surface area contributed by atoms with Gasteiger partial charge in [0.25, 0.3) is 5.91 Å². The number of aliphatic hydroxyl groups is 1. The highest BCUT2D eigenvalue weighted by molar-refractivity contribution is 5.91. The Labute approximate surface area is 162 Å². The number of amides is 1. The van der Waals surface area contributed by atoms with Crippen molar-refractivity contribution < 1.29 is 28.9 Å². The lowest BCUT2D eigenvalue weighted by Gasteiger charge is -2.15. The summed E-state index contributed by atoms with van der Waals surface area (Å²) in [6.45, 7) is 2.08. The van der Waals surface area contributed by atoms with Crippen LogP contribution in [0.25, 0.3) is 0 Å². The van der Waals surface area contributed by atoms with E-state index in [1.165, 1.54) is 0 Å². The summed E-state index contributed by atoms with van der Waals surface area (Å²) in [6, 6.07) is 11.8. The number of rotatable bonds is 8. The molecule has 1 amide bonds. The highest BCUT2D eigenvalue weighted by Crippen LogP contribution is 2.34. The number of nitrogens with one attached hydrogen (secondary N) is 2. The standard InChI is InChI=1S/C20H22N2O6/c1-13(15-4-7-17-18(10-15)28-12-27-17)22-19(24)11-26-20(25)14-2-5-16(6-3-14)21-8-9-23/h2-7,10,13,21,23H,8-9,11-12H2,1H3,(H,22,24)/t13-/m1/s1. The number of benzene rings is 2. The van der Waals surface area contributed by atoms with Crippen molar-refractivity contribution in [2.45, 2.75) is 13.0 Å². The van der Waals surface area contributed by atoms with Crippen LogP contribution in [-0.4, -0.2) is 43.5 Å². The fourth-order valence-corrected chi connectivity index (χ4v) is 2.69. The Kier molecular flexibility index (Phi) is 6.33. The van der Waals surface area contributed by atoms with E-state index in [0.717, 1.165) is 11.3 Å².